The van der Waals surface area contributed by atoms with Gasteiger partial charge in [-0.25, -0.2) is 4.39 Å². The number of hydrogen-bond acceptors (Lipinski definition) is 1. The number of para-hydroxylation sites is 1. The van der Waals surface area contributed by atoms with Crippen LogP contribution in [0.1, 0.15) is 23.6 Å². The molecular formula is C26H28FN3O+2. The SMILES string of the molecule is O=C(CC[NH+]1CC[NH+](C2c3ccccc3-c3ccccc32)CC1)Nc1ccccc1F. The second-order valence-corrected chi connectivity index (χ2v) is 8.54. The van der Waals surface area contributed by atoms with E-state index in [-0.39, 0.29) is 11.6 Å². The van der Waals surface area contributed by atoms with Gasteiger partial charge >= 0.3 is 0 Å². The van der Waals surface area contributed by atoms with Gasteiger partial charge in [-0.05, 0) is 23.3 Å². The summed E-state index contributed by atoms with van der Waals surface area (Å²) in [6.45, 7) is 5.03. The fraction of sp³-hybridized carbons (Fsp3) is 0.269. The summed E-state index contributed by atoms with van der Waals surface area (Å²) in [7, 11) is 0. The number of carbonyl (C=O) groups is 1. The van der Waals surface area contributed by atoms with E-state index in [1.165, 1.54) is 33.2 Å². The molecule has 1 aliphatic heterocycles. The van der Waals surface area contributed by atoms with Gasteiger partial charge in [0.2, 0.25) is 5.91 Å². The minimum absolute atomic E-state index is 0.119. The van der Waals surface area contributed by atoms with Crippen LogP contribution >= 0.6 is 0 Å². The lowest BCUT2D eigenvalue weighted by molar-refractivity contribution is -1.02. The number of nitrogens with one attached hydrogen (secondary N) is 3. The van der Waals surface area contributed by atoms with Crippen LogP contribution in [0.25, 0.3) is 11.1 Å². The Bertz CT molecular complexity index is 1050. The predicted molar refractivity (Wildman–Crippen MR) is 120 cm³/mol. The van der Waals surface area contributed by atoms with E-state index in [0.717, 1.165) is 32.7 Å². The molecule has 0 bridgehead atoms. The van der Waals surface area contributed by atoms with Gasteiger partial charge in [0.05, 0.1) is 18.7 Å². The maximum atomic E-state index is 13.7. The highest BCUT2D eigenvalue weighted by Crippen LogP contribution is 2.41. The number of carbonyl (C=O) groups excluding carboxylic acids is 1. The Kier molecular flexibility index (Phi) is 5.53. The summed E-state index contributed by atoms with van der Waals surface area (Å²) in [5.74, 6) is -0.511. The van der Waals surface area contributed by atoms with Crippen molar-refractivity contribution in [2.75, 3.05) is 38.0 Å². The summed E-state index contributed by atoms with van der Waals surface area (Å²) < 4.78 is 13.7. The lowest BCUT2D eigenvalue weighted by Crippen LogP contribution is -3.28. The summed E-state index contributed by atoms with van der Waals surface area (Å²) in [5.41, 5.74) is 5.87. The fourth-order valence-electron chi connectivity index (χ4n) is 5.12. The number of rotatable bonds is 5. The normalized spacial score (nSPS) is 20.2. The number of halogens is 1. The molecule has 4 nitrogen and oxygen atoms in total. The van der Waals surface area contributed by atoms with Crippen molar-refractivity contribution in [2.45, 2.75) is 12.5 Å². The maximum Gasteiger partial charge on any atom is 0.230 e. The van der Waals surface area contributed by atoms with E-state index in [0.29, 0.717) is 12.5 Å². The van der Waals surface area contributed by atoms with E-state index in [4.69, 9.17) is 0 Å². The first kappa shape index (κ1) is 19.9. The Morgan fingerprint density at radius 1 is 0.839 bits per heavy atom. The number of piperazine rings is 1. The van der Waals surface area contributed by atoms with Crippen LogP contribution < -0.4 is 15.1 Å². The molecule has 0 saturated carbocycles. The van der Waals surface area contributed by atoms with Crippen LogP contribution in [0.2, 0.25) is 0 Å². The molecular weight excluding hydrogens is 389 g/mol. The zero-order valence-corrected chi connectivity index (χ0v) is 17.5. The van der Waals surface area contributed by atoms with Crippen molar-refractivity contribution in [3.8, 4) is 11.1 Å². The summed E-state index contributed by atoms with van der Waals surface area (Å²) in [4.78, 5) is 15.3. The first-order chi connectivity index (χ1) is 15.2. The number of quaternary nitrogens is 2. The van der Waals surface area contributed by atoms with Crippen LogP contribution in [0.15, 0.2) is 72.8 Å². The van der Waals surface area contributed by atoms with Gasteiger partial charge < -0.3 is 15.1 Å². The van der Waals surface area contributed by atoms with Gasteiger partial charge in [0.15, 0.2) is 0 Å². The van der Waals surface area contributed by atoms with E-state index in [1.807, 2.05) is 0 Å². The molecule has 3 aromatic carbocycles. The third-order valence-electron chi connectivity index (χ3n) is 6.69. The third kappa shape index (κ3) is 3.99. The smallest absolute Gasteiger partial charge is 0.230 e. The van der Waals surface area contributed by atoms with Crippen molar-refractivity contribution in [3.63, 3.8) is 0 Å². The van der Waals surface area contributed by atoms with Gasteiger partial charge in [0.25, 0.3) is 0 Å². The molecule has 1 heterocycles. The second kappa shape index (κ2) is 8.61. The Labute approximate surface area is 182 Å². The molecule has 1 fully saturated rings. The largest absolute Gasteiger partial charge is 0.325 e. The van der Waals surface area contributed by atoms with Crippen molar-refractivity contribution in [3.05, 3.63) is 89.7 Å². The van der Waals surface area contributed by atoms with Crippen molar-refractivity contribution in [2.24, 2.45) is 0 Å². The lowest BCUT2D eigenvalue weighted by Gasteiger charge is -2.33. The standard InChI is InChI=1S/C26H26FN3O/c27-23-11-5-6-12-24(23)28-25(31)13-14-29-15-17-30(18-16-29)26-21-9-3-1-7-19(21)20-8-2-4-10-22(20)26/h1-12,26H,13-18H2,(H,28,31)/p+2. The molecule has 1 aliphatic carbocycles. The van der Waals surface area contributed by atoms with Gasteiger partial charge in [-0.2, -0.15) is 0 Å². The van der Waals surface area contributed by atoms with Crippen molar-refractivity contribution in [1.82, 2.24) is 0 Å². The lowest BCUT2D eigenvalue weighted by atomic mass is 10.0. The van der Waals surface area contributed by atoms with Gasteiger partial charge in [-0.3, -0.25) is 4.79 Å². The fourth-order valence-corrected chi connectivity index (χ4v) is 5.12. The molecule has 0 aromatic heterocycles. The van der Waals surface area contributed by atoms with Crippen LogP contribution in [-0.4, -0.2) is 38.6 Å². The summed E-state index contributed by atoms with van der Waals surface area (Å²) in [6.07, 6.45) is 0.411. The molecule has 3 N–H and O–H groups in total. The van der Waals surface area contributed by atoms with Gasteiger partial charge in [0.1, 0.15) is 38.0 Å². The van der Waals surface area contributed by atoms with Crippen LogP contribution in [0.4, 0.5) is 10.1 Å². The molecule has 3 aromatic rings. The molecule has 158 valence electrons. The molecule has 31 heavy (non-hydrogen) atoms. The van der Waals surface area contributed by atoms with Gasteiger partial charge in [0, 0.05) is 11.1 Å². The van der Waals surface area contributed by atoms with Crippen molar-refractivity contribution in [1.29, 1.82) is 0 Å². The second-order valence-electron chi connectivity index (χ2n) is 8.54. The highest BCUT2D eigenvalue weighted by Gasteiger charge is 2.38. The molecule has 5 heteroatoms. The average Bonchev–Trinajstić information content (AvgIpc) is 3.14. The van der Waals surface area contributed by atoms with Gasteiger partial charge in [-0.15, -0.1) is 0 Å². The number of amides is 1. The molecule has 1 saturated heterocycles. The quantitative estimate of drug-likeness (QED) is 0.581. The topological polar surface area (TPSA) is 38.0 Å². The maximum absolute atomic E-state index is 13.7. The van der Waals surface area contributed by atoms with Crippen LogP contribution in [0, 0.1) is 5.82 Å². The molecule has 0 radical (unpaired) electrons. The molecule has 0 unspecified atom stereocenters. The van der Waals surface area contributed by atoms with E-state index in [9.17, 15) is 9.18 Å². The minimum atomic E-state index is -0.391. The van der Waals surface area contributed by atoms with Gasteiger partial charge in [-0.1, -0.05) is 60.7 Å². The Balaban J connectivity index is 1.19. The van der Waals surface area contributed by atoms with Crippen LogP contribution in [-0.2, 0) is 4.79 Å². The number of hydrogen-bond donors (Lipinski definition) is 3. The molecule has 0 spiro atoms. The van der Waals surface area contributed by atoms with Crippen LogP contribution in [0.5, 0.6) is 0 Å². The highest BCUT2D eigenvalue weighted by molar-refractivity contribution is 5.90. The summed E-state index contributed by atoms with van der Waals surface area (Å²) in [6, 6.07) is 24.3. The average molecular weight is 418 g/mol. The first-order valence-corrected chi connectivity index (χ1v) is 11.1. The Hall–Kier alpha value is -3.02. The predicted octanol–water partition coefficient (Wildman–Crippen LogP) is 1.71. The Morgan fingerprint density at radius 2 is 1.42 bits per heavy atom. The number of fused-ring (bicyclic) bond motifs is 3. The summed E-state index contributed by atoms with van der Waals surface area (Å²) >= 11 is 0. The number of benzene rings is 3. The molecule has 2 aliphatic rings. The van der Waals surface area contributed by atoms with Crippen LogP contribution in [0.3, 0.4) is 0 Å². The van der Waals surface area contributed by atoms with E-state index >= 15 is 0 Å². The summed E-state index contributed by atoms with van der Waals surface area (Å²) in [5, 5.41) is 2.69. The molecule has 0 atom stereocenters. The van der Waals surface area contributed by atoms with Crippen molar-refractivity contribution < 1.29 is 19.0 Å². The zero-order chi connectivity index (χ0) is 21.2. The molecule has 5 rings (SSSR count). The first-order valence-electron chi connectivity index (χ1n) is 11.1. The Morgan fingerprint density at radius 3 is 2.06 bits per heavy atom. The number of anilines is 1. The monoisotopic (exact) mass is 417 g/mol. The van der Waals surface area contributed by atoms with E-state index < -0.39 is 5.82 Å². The van der Waals surface area contributed by atoms with E-state index in [1.54, 1.807) is 23.1 Å². The third-order valence-corrected chi connectivity index (χ3v) is 6.69. The molecule has 1 amide bonds. The van der Waals surface area contributed by atoms with Crippen molar-refractivity contribution >= 4 is 11.6 Å². The van der Waals surface area contributed by atoms with E-state index in [2.05, 4.69) is 53.8 Å². The zero-order valence-electron chi connectivity index (χ0n) is 17.5. The minimum Gasteiger partial charge on any atom is -0.325 e. The highest BCUT2D eigenvalue weighted by atomic mass is 19.1.